The lowest BCUT2D eigenvalue weighted by molar-refractivity contribution is 0.0987. The summed E-state index contributed by atoms with van der Waals surface area (Å²) in [5.41, 5.74) is 1.63. The Morgan fingerprint density at radius 1 is 1.00 bits per heavy atom. The van der Waals surface area contributed by atoms with Crippen LogP contribution in [0, 0.1) is 0 Å². The normalized spacial score (nSPS) is 10.2. The number of carbonyl (C=O) groups is 1. The molecule has 0 saturated carbocycles. The van der Waals surface area contributed by atoms with Crippen molar-refractivity contribution < 1.29 is 4.79 Å². The first-order chi connectivity index (χ1) is 9.33. The third-order valence-corrected chi connectivity index (χ3v) is 2.92. The van der Waals surface area contributed by atoms with Gasteiger partial charge in [-0.05, 0) is 31.3 Å². The summed E-state index contributed by atoms with van der Waals surface area (Å²) in [6.07, 6.45) is 0. The molecule has 3 nitrogen and oxygen atoms in total. The summed E-state index contributed by atoms with van der Waals surface area (Å²) >= 11 is 0. The quantitative estimate of drug-likeness (QED) is 0.889. The number of hydrogen-bond donors (Lipinski definition) is 1. The molecule has 0 aliphatic carbocycles. The van der Waals surface area contributed by atoms with E-state index in [2.05, 4.69) is 5.32 Å². The Labute approximate surface area is 113 Å². The standard InChI is InChI=1S/C16H18N2O/c1-17-12-13-18(15-10-6-3-7-11-15)16(19)14-8-4-2-5-9-14/h2-11,17H,12-13H2,1H3. The summed E-state index contributed by atoms with van der Waals surface area (Å²) in [7, 11) is 1.89. The van der Waals surface area contributed by atoms with Gasteiger partial charge in [0.2, 0.25) is 0 Å². The Morgan fingerprint density at radius 3 is 2.16 bits per heavy atom. The van der Waals surface area contributed by atoms with Gasteiger partial charge in [-0.3, -0.25) is 4.79 Å². The molecule has 0 fully saturated rings. The minimum Gasteiger partial charge on any atom is -0.318 e. The van der Waals surface area contributed by atoms with E-state index in [4.69, 9.17) is 0 Å². The Kier molecular flexibility index (Phi) is 4.70. The molecule has 0 unspecified atom stereocenters. The second-order valence-electron chi connectivity index (χ2n) is 4.26. The van der Waals surface area contributed by atoms with Gasteiger partial charge in [0, 0.05) is 24.3 Å². The minimum atomic E-state index is 0.0297. The second-order valence-corrected chi connectivity index (χ2v) is 4.26. The zero-order valence-corrected chi connectivity index (χ0v) is 11.0. The van der Waals surface area contributed by atoms with Crippen molar-refractivity contribution in [1.82, 2.24) is 5.32 Å². The number of nitrogens with one attached hydrogen (secondary N) is 1. The molecule has 0 saturated heterocycles. The van der Waals surface area contributed by atoms with E-state index >= 15 is 0 Å². The van der Waals surface area contributed by atoms with Crippen LogP contribution in [0.3, 0.4) is 0 Å². The fourth-order valence-electron chi connectivity index (χ4n) is 1.92. The molecule has 1 amide bonds. The van der Waals surface area contributed by atoms with Gasteiger partial charge in [-0.25, -0.2) is 0 Å². The van der Waals surface area contributed by atoms with E-state index < -0.39 is 0 Å². The number of amides is 1. The summed E-state index contributed by atoms with van der Waals surface area (Å²) in [5.74, 6) is 0.0297. The summed E-state index contributed by atoms with van der Waals surface area (Å²) in [6.45, 7) is 1.40. The zero-order valence-electron chi connectivity index (χ0n) is 11.0. The van der Waals surface area contributed by atoms with Crippen LogP contribution < -0.4 is 10.2 Å². The van der Waals surface area contributed by atoms with Gasteiger partial charge < -0.3 is 10.2 Å². The SMILES string of the molecule is CNCCN(C(=O)c1ccccc1)c1ccccc1. The van der Waals surface area contributed by atoms with Crippen molar-refractivity contribution in [1.29, 1.82) is 0 Å². The lowest BCUT2D eigenvalue weighted by Gasteiger charge is -2.22. The van der Waals surface area contributed by atoms with Gasteiger partial charge in [0.25, 0.3) is 5.91 Å². The molecule has 3 heteroatoms. The molecule has 2 aromatic rings. The number of rotatable bonds is 5. The fraction of sp³-hybridized carbons (Fsp3) is 0.188. The molecule has 98 valence electrons. The van der Waals surface area contributed by atoms with Gasteiger partial charge in [-0.15, -0.1) is 0 Å². The topological polar surface area (TPSA) is 32.3 Å². The smallest absolute Gasteiger partial charge is 0.258 e. The highest BCUT2D eigenvalue weighted by atomic mass is 16.2. The van der Waals surface area contributed by atoms with Crippen LogP contribution >= 0.6 is 0 Å². The molecule has 0 radical (unpaired) electrons. The van der Waals surface area contributed by atoms with E-state index in [0.717, 1.165) is 12.2 Å². The van der Waals surface area contributed by atoms with Crippen LogP contribution in [-0.2, 0) is 0 Å². The number of para-hydroxylation sites is 1. The summed E-state index contributed by atoms with van der Waals surface area (Å²) in [5, 5.41) is 3.08. The predicted octanol–water partition coefficient (Wildman–Crippen LogP) is 2.55. The Hall–Kier alpha value is -2.13. The summed E-state index contributed by atoms with van der Waals surface area (Å²) in [4.78, 5) is 14.3. The second kappa shape index (κ2) is 6.71. The van der Waals surface area contributed by atoms with E-state index in [1.54, 1.807) is 4.90 Å². The van der Waals surface area contributed by atoms with Gasteiger partial charge in [-0.2, -0.15) is 0 Å². The molecule has 2 rings (SSSR count). The molecular weight excluding hydrogens is 236 g/mol. The number of carbonyl (C=O) groups excluding carboxylic acids is 1. The van der Waals surface area contributed by atoms with Crippen molar-refractivity contribution in [2.45, 2.75) is 0 Å². The molecule has 0 aliphatic heterocycles. The number of benzene rings is 2. The van der Waals surface area contributed by atoms with Gasteiger partial charge in [0.15, 0.2) is 0 Å². The molecule has 0 aromatic heterocycles. The van der Waals surface area contributed by atoms with Crippen LogP contribution in [-0.4, -0.2) is 26.0 Å². The predicted molar refractivity (Wildman–Crippen MR) is 78.5 cm³/mol. The Balaban J connectivity index is 2.25. The van der Waals surface area contributed by atoms with E-state index in [-0.39, 0.29) is 5.91 Å². The Morgan fingerprint density at radius 2 is 1.58 bits per heavy atom. The highest BCUT2D eigenvalue weighted by Crippen LogP contribution is 2.16. The Bertz CT molecular complexity index is 511. The molecule has 0 spiro atoms. The van der Waals surface area contributed by atoms with Crippen LogP contribution in [0.15, 0.2) is 60.7 Å². The molecular formula is C16H18N2O. The van der Waals surface area contributed by atoms with E-state index in [0.29, 0.717) is 12.1 Å². The molecule has 0 aliphatic rings. The average molecular weight is 254 g/mol. The first-order valence-electron chi connectivity index (χ1n) is 6.39. The van der Waals surface area contributed by atoms with Crippen molar-refractivity contribution in [2.24, 2.45) is 0 Å². The maximum Gasteiger partial charge on any atom is 0.258 e. The molecule has 0 bridgehead atoms. The van der Waals surface area contributed by atoms with Crippen LogP contribution in [0.4, 0.5) is 5.69 Å². The summed E-state index contributed by atoms with van der Waals surface area (Å²) in [6, 6.07) is 19.1. The van der Waals surface area contributed by atoms with Crippen molar-refractivity contribution in [3.8, 4) is 0 Å². The molecule has 0 atom stereocenters. The summed E-state index contributed by atoms with van der Waals surface area (Å²) < 4.78 is 0. The third kappa shape index (κ3) is 3.42. The van der Waals surface area contributed by atoms with Crippen LogP contribution in [0.25, 0.3) is 0 Å². The minimum absolute atomic E-state index is 0.0297. The number of hydrogen-bond acceptors (Lipinski definition) is 2. The molecule has 2 aromatic carbocycles. The van der Waals surface area contributed by atoms with Crippen molar-refractivity contribution in [3.05, 3.63) is 66.2 Å². The number of likely N-dealkylation sites (N-methyl/N-ethyl adjacent to an activating group) is 1. The van der Waals surface area contributed by atoms with Crippen LogP contribution in [0.5, 0.6) is 0 Å². The van der Waals surface area contributed by atoms with E-state index in [9.17, 15) is 4.79 Å². The highest BCUT2D eigenvalue weighted by Gasteiger charge is 2.16. The fourth-order valence-corrected chi connectivity index (χ4v) is 1.92. The van der Waals surface area contributed by atoms with Crippen LogP contribution in [0.2, 0.25) is 0 Å². The van der Waals surface area contributed by atoms with Crippen molar-refractivity contribution in [2.75, 3.05) is 25.0 Å². The monoisotopic (exact) mass is 254 g/mol. The maximum atomic E-state index is 12.5. The molecule has 0 heterocycles. The van der Waals surface area contributed by atoms with Gasteiger partial charge in [0.05, 0.1) is 0 Å². The molecule has 19 heavy (non-hydrogen) atoms. The lowest BCUT2D eigenvalue weighted by Crippen LogP contribution is -2.36. The van der Waals surface area contributed by atoms with Gasteiger partial charge in [-0.1, -0.05) is 36.4 Å². The highest BCUT2D eigenvalue weighted by molar-refractivity contribution is 6.06. The maximum absolute atomic E-state index is 12.5. The lowest BCUT2D eigenvalue weighted by atomic mass is 10.2. The first-order valence-corrected chi connectivity index (χ1v) is 6.39. The third-order valence-electron chi connectivity index (χ3n) is 2.92. The number of anilines is 1. The van der Waals surface area contributed by atoms with Crippen LogP contribution in [0.1, 0.15) is 10.4 Å². The van der Waals surface area contributed by atoms with Gasteiger partial charge in [0.1, 0.15) is 0 Å². The van der Waals surface area contributed by atoms with Gasteiger partial charge >= 0.3 is 0 Å². The van der Waals surface area contributed by atoms with Crippen molar-refractivity contribution in [3.63, 3.8) is 0 Å². The van der Waals surface area contributed by atoms with E-state index in [1.165, 1.54) is 0 Å². The first kappa shape index (κ1) is 13.3. The zero-order chi connectivity index (χ0) is 13.5. The van der Waals surface area contributed by atoms with Crippen molar-refractivity contribution >= 4 is 11.6 Å². The molecule has 1 N–H and O–H groups in total. The average Bonchev–Trinajstić information content (AvgIpc) is 2.49. The number of nitrogens with zero attached hydrogens (tertiary/aromatic N) is 1. The van der Waals surface area contributed by atoms with E-state index in [1.807, 2.05) is 67.7 Å². The largest absolute Gasteiger partial charge is 0.318 e.